The fraction of sp³-hybridized carbons (Fsp3) is 0.161. The highest BCUT2D eigenvalue weighted by Gasteiger charge is 2.22. The van der Waals surface area contributed by atoms with E-state index in [4.69, 9.17) is 9.47 Å². The molecule has 0 fully saturated rings. The predicted octanol–water partition coefficient (Wildman–Crippen LogP) is 4.58. The first-order valence-corrected chi connectivity index (χ1v) is 12.1. The van der Waals surface area contributed by atoms with Crippen molar-refractivity contribution in [3.8, 4) is 28.5 Å². The summed E-state index contributed by atoms with van der Waals surface area (Å²) in [5, 5.41) is 11.6. The molecule has 0 saturated carbocycles. The molecule has 0 atom stereocenters. The summed E-state index contributed by atoms with van der Waals surface area (Å²) in [6.07, 6.45) is 1.93. The molecule has 6 nitrogen and oxygen atoms in total. The second kappa shape index (κ2) is 10.2. The summed E-state index contributed by atoms with van der Waals surface area (Å²) in [5.74, 6) is 1.20. The number of rotatable bonds is 7. The van der Waals surface area contributed by atoms with Crippen LogP contribution in [0.4, 0.5) is 0 Å². The predicted molar refractivity (Wildman–Crippen MR) is 141 cm³/mol. The zero-order valence-corrected chi connectivity index (χ0v) is 21.1. The van der Waals surface area contributed by atoms with E-state index < -0.39 is 0 Å². The van der Waals surface area contributed by atoms with Gasteiger partial charge < -0.3 is 14.6 Å². The van der Waals surface area contributed by atoms with Gasteiger partial charge in [0.2, 0.25) is 0 Å². The molecule has 0 unspecified atom stereocenters. The second-order valence-corrected chi connectivity index (χ2v) is 9.02. The van der Waals surface area contributed by atoms with Gasteiger partial charge in [0.15, 0.2) is 17.2 Å². The quantitative estimate of drug-likeness (QED) is 0.312. The van der Waals surface area contributed by atoms with Crippen molar-refractivity contribution in [2.75, 3.05) is 7.11 Å². The largest absolute Gasteiger partial charge is 0.872 e. The average molecular weight is 493 g/mol. The zero-order valence-electron chi connectivity index (χ0n) is 21.1. The van der Waals surface area contributed by atoms with Gasteiger partial charge in [-0.1, -0.05) is 60.7 Å². The van der Waals surface area contributed by atoms with E-state index in [1.807, 2.05) is 72.1 Å². The number of ether oxygens (including phenoxy) is 2. The van der Waals surface area contributed by atoms with Gasteiger partial charge in [0.05, 0.1) is 18.9 Å². The maximum atomic E-state index is 13.6. The summed E-state index contributed by atoms with van der Waals surface area (Å²) >= 11 is 0. The van der Waals surface area contributed by atoms with Gasteiger partial charge in [-0.15, -0.1) is 5.75 Å². The highest BCUT2D eigenvalue weighted by atomic mass is 16.5. The number of aromatic nitrogens is 2. The van der Waals surface area contributed by atoms with E-state index >= 15 is 0 Å². The van der Waals surface area contributed by atoms with Gasteiger partial charge in [0.1, 0.15) is 13.2 Å². The molecular formula is C31H28N2O4. The lowest BCUT2D eigenvalue weighted by Crippen LogP contribution is -2.38. The molecule has 0 radical (unpaired) electrons. The smallest absolute Gasteiger partial charge is 0.341 e. The van der Waals surface area contributed by atoms with Crippen molar-refractivity contribution < 1.29 is 19.0 Å². The average Bonchev–Trinajstić information content (AvgIpc) is 2.92. The third-order valence-electron chi connectivity index (χ3n) is 6.62. The molecule has 6 heteroatoms. The van der Waals surface area contributed by atoms with Crippen LogP contribution >= 0.6 is 0 Å². The van der Waals surface area contributed by atoms with Crippen molar-refractivity contribution in [3.63, 3.8) is 0 Å². The Balaban J connectivity index is 1.51. The molecule has 0 bridgehead atoms. The first kappa shape index (κ1) is 24.1. The minimum atomic E-state index is -0.0914. The molecule has 2 aromatic heterocycles. The fourth-order valence-corrected chi connectivity index (χ4v) is 4.59. The van der Waals surface area contributed by atoms with Crippen LogP contribution in [-0.2, 0) is 13.2 Å². The van der Waals surface area contributed by atoms with Crippen molar-refractivity contribution in [3.05, 3.63) is 124 Å². The van der Waals surface area contributed by atoms with Crippen LogP contribution in [0.3, 0.4) is 0 Å². The van der Waals surface area contributed by atoms with E-state index in [0.29, 0.717) is 30.2 Å². The first-order valence-electron chi connectivity index (χ1n) is 12.1. The topological polar surface area (TPSA) is 67.6 Å². The van der Waals surface area contributed by atoms with Crippen LogP contribution in [0.25, 0.3) is 16.9 Å². The molecule has 5 rings (SSSR count). The summed E-state index contributed by atoms with van der Waals surface area (Å²) in [7, 11) is 1.61. The summed E-state index contributed by atoms with van der Waals surface area (Å²) < 4.78 is 15.4. The molecule has 0 N–H and O–H groups in total. The summed E-state index contributed by atoms with van der Waals surface area (Å²) in [5.41, 5.74) is 6.05. The van der Waals surface area contributed by atoms with E-state index in [9.17, 15) is 9.90 Å². The van der Waals surface area contributed by atoms with Gasteiger partial charge in [-0.25, -0.2) is 4.79 Å². The second-order valence-electron chi connectivity index (χ2n) is 9.02. The van der Waals surface area contributed by atoms with E-state index in [-0.39, 0.29) is 11.3 Å². The number of pyridine rings is 1. The normalized spacial score (nSPS) is 11.0. The molecular weight excluding hydrogens is 464 g/mol. The number of nitrogens with zero attached hydrogens (tertiary/aromatic N) is 2. The first-order chi connectivity index (χ1) is 18.0. The zero-order chi connectivity index (χ0) is 25.9. The Morgan fingerprint density at radius 2 is 1.65 bits per heavy atom. The molecule has 0 aliphatic rings. The number of hydrogen-bond acceptors (Lipinski definition) is 4. The van der Waals surface area contributed by atoms with Crippen LogP contribution in [0.1, 0.15) is 22.3 Å². The van der Waals surface area contributed by atoms with Crippen molar-refractivity contribution >= 4 is 5.65 Å². The Morgan fingerprint density at radius 3 is 2.41 bits per heavy atom. The molecule has 0 amide bonds. The Hall–Kier alpha value is -4.58. The maximum Gasteiger partial charge on any atom is 0.341 e. The highest BCUT2D eigenvalue weighted by molar-refractivity contribution is 5.61. The molecule has 5 aromatic rings. The van der Waals surface area contributed by atoms with Gasteiger partial charge in [0, 0.05) is 11.6 Å². The van der Waals surface area contributed by atoms with E-state index in [0.717, 1.165) is 28.0 Å². The lowest BCUT2D eigenvalue weighted by Gasteiger charge is -2.14. The molecule has 3 aromatic carbocycles. The number of hydrogen-bond donors (Lipinski definition) is 0. The van der Waals surface area contributed by atoms with E-state index in [1.54, 1.807) is 23.8 Å². The minimum absolute atomic E-state index is 0.0654. The summed E-state index contributed by atoms with van der Waals surface area (Å²) in [6, 6.07) is 26.2. The van der Waals surface area contributed by atoms with Gasteiger partial charge in [-0.2, -0.15) is 8.97 Å². The summed E-state index contributed by atoms with van der Waals surface area (Å²) in [6.45, 7) is 4.69. The standard InChI is InChI=1S/C31H28N2O4/c1-21-8-4-5-9-25(21)20-37-27-16-11-23(18-28(27)36-3)19-33-29-10-6-7-17-32(29)30(22(2)31(33)35)24-12-14-26(34)15-13-24/h4-18H,19-20H2,1-3H3. The van der Waals surface area contributed by atoms with Gasteiger partial charge >= 0.3 is 5.56 Å². The molecule has 0 saturated heterocycles. The lowest BCUT2D eigenvalue weighted by molar-refractivity contribution is -0.504. The van der Waals surface area contributed by atoms with E-state index in [1.165, 1.54) is 17.7 Å². The Kier molecular flexibility index (Phi) is 6.64. The van der Waals surface area contributed by atoms with E-state index in [2.05, 4.69) is 13.0 Å². The molecule has 2 heterocycles. The summed E-state index contributed by atoms with van der Waals surface area (Å²) in [4.78, 5) is 13.6. The van der Waals surface area contributed by atoms with Crippen LogP contribution in [0.15, 0.2) is 95.9 Å². The lowest BCUT2D eigenvalue weighted by atomic mass is 10.1. The molecule has 0 spiro atoms. The number of methoxy groups -OCH3 is 1. The third kappa shape index (κ3) is 4.78. The highest BCUT2D eigenvalue weighted by Crippen LogP contribution is 2.30. The van der Waals surface area contributed by atoms with Crippen LogP contribution in [0, 0.1) is 13.8 Å². The van der Waals surface area contributed by atoms with Gasteiger partial charge in [0.25, 0.3) is 5.65 Å². The van der Waals surface area contributed by atoms with Crippen LogP contribution in [0.2, 0.25) is 0 Å². The van der Waals surface area contributed by atoms with Crippen molar-refractivity contribution in [2.24, 2.45) is 0 Å². The molecule has 37 heavy (non-hydrogen) atoms. The van der Waals surface area contributed by atoms with Gasteiger partial charge in [-0.3, -0.25) is 0 Å². The Labute approximate surface area is 215 Å². The number of aryl methyl sites for hydroxylation is 1. The monoisotopic (exact) mass is 492 g/mol. The van der Waals surface area contributed by atoms with Gasteiger partial charge in [-0.05, 0) is 48.7 Å². The Morgan fingerprint density at radius 1 is 0.892 bits per heavy atom. The fourth-order valence-electron chi connectivity index (χ4n) is 4.59. The number of benzene rings is 3. The van der Waals surface area contributed by atoms with Crippen molar-refractivity contribution in [1.82, 2.24) is 4.57 Å². The molecule has 0 aliphatic heterocycles. The van der Waals surface area contributed by atoms with Crippen molar-refractivity contribution in [1.29, 1.82) is 0 Å². The van der Waals surface area contributed by atoms with Crippen LogP contribution in [0.5, 0.6) is 17.2 Å². The molecule has 0 aliphatic carbocycles. The van der Waals surface area contributed by atoms with Crippen LogP contribution < -0.4 is 24.5 Å². The Bertz CT molecular complexity index is 1640. The third-order valence-corrected chi connectivity index (χ3v) is 6.62. The maximum absolute atomic E-state index is 13.6. The van der Waals surface area contributed by atoms with Crippen molar-refractivity contribution in [2.45, 2.75) is 27.0 Å². The SMILES string of the molecule is COc1cc(Cn2c(=O)c(C)c(-c3ccc([O-])cc3)[n+]3ccccc23)ccc1OCc1ccccc1C. The molecule has 186 valence electrons. The van der Waals surface area contributed by atoms with Crippen LogP contribution in [-0.4, -0.2) is 11.7 Å². The number of fused-ring (bicyclic) bond motifs is 1. The minimum Gasteiger partial charge on any atom is -0.872 e.